The van der Waals surface area contributed by atoms with E-state index in [2.05, 4.69) is 0 Å². The van der Waals surface area contributed by atoms with Crippen LogP contribution in [0.4, 0.5) is 0 Å². The smallest absolute Gasteiger partial charge is 0.128 e. The van der Waals surface area contributed by atoms with Crippen LogP contribution < -0.4 is 0 Å². The average Bonchev–Trinajstić information content (AvgIpc) is 2.08. The molecule has 72 valence electrons. The third-order valence-corrected chi connectivity index (χ3v) is 3.20. The summed E-state index contributed by atoms with van der Waals surface area (Å²) in [5.74, 6) is 0. The molecule has 0 unspecified atom stereocenters. The van der Waals surface area contributed by atoms with Crippen molar-refractivity contribution in [3.63, 3.8) is 0 Å². The summed E-state index contributed by atoms with van der Waals surface area (Å²) in [6.07, 6.45) is -3.94. The SMILES string of the molecule is OC[C@@H]1S[C@H](O)[C@@H](O)[C@@H](O)[C@@H]1O. The molecule has 0 spiro atoms. The fourth-order valence-corrected chi connectivity index (χ4v) is 2.17. The van der Waals surface area contributed by atoms with Gasteiger partial charge in [-0.25, -0.2) is 0 Å². The Morgan fingerprint density at radius 3 is 2.00 bits per heavy atom. The van der Waals surface area contributed by atoms with Crippen molar-refractivity contribution < 1.29 is 25.5 Å². The molecule has 1 fully saturated rings. The number of aliphatic hydroxyl groups is 5. The Bertz CT molecular complexity index is 150. The Balaban J connectivity index is 2.63. The fourth-order valence-electron chi connectivity index (χ4n) is 1.08. The second kappa shape index (κ2) is 3.91. The number of hydrogen-bond donors (Lipinski definition) is 5. The van der Waals surface area contributed by atoms with E-state index in [0.29, 0.717) is 0 Å². The van der Waals surface area contributed by atoms with Gasteiger partial charge in [0.05, 0.1) is 18.0 Å². The molecule has 0 aromatic rings. The maximum atomic E-state index is 9.22. The summed E-state index contributed by atoms with van der Waals surface area (Å²) >= 11 is 0.852. The quantitative estimate of drug-likeness (QED) is 0.318. The molecule has 6 heteroatoms. The normalized spacial score (nSPS) is 49.2. The highest BCUT2D eigenvalue weighted by Crippen LogP contribution is 2.30. The number of aliphatic hydroxyl groups excluding tert-OH is 5. The minimum absolute atomic E-state index is 0.341. The van der Waals surface area contributed by atoms with Crippen LogP contribution in [-0.4, -0.2) is 61.1 Å². The average molecular weight is 196 g/mol. The van der Waals surface area contributed by atoms with Crippen molar-refractivity contribution in [3.05, 3.63) is 0 Å². The van der Waals surface area contributed by atoms with Gasteiger partial charge in [-0.3, -0.25) is 0 Å². The summed E-state index contributed by atoms with van der Waals surface area (Å²) in [5, 5.41) is 44.6. The van der Waals surface area contributed by atoms with Gasteiger partial charge in [-0.15, -0.1) is 11.8 Å². The van der Waals surface area contributed by atoms with Gasteiger partial charge in [0.1, 0.15) is 17.6 Å². The molecule has 1 heterocycles. The molecule has 1 rings (SSSR count). The molecule has 0 saturated carbocycles. The van der Waals surface area contributed by atoms with Crippen molar-refractivity contribution in [1.82, 2.24) is 0 Å². The Morgan fingerprint density at radius 1 is 0.917 bits per heavy atom. The molecule has 0 aromatic carbocycles. The highest BCUT2D eigenvalue weighted by Gasteiger charge is 2.42. The Labute approximate surface area is 73.7 Å². The van der Waals surface area contributed by atoms with E-state index in [1.807, 2.05) is 0 Å². The summed E-state index contributed by atoms with van der Waals surface area (Å²) in [6, 6.07) is 0. The van der Waals surface area contributed by atoms with Crippen LogP contribution in [0.2, 0.25) is 0 Å². The first-order valence-electron chi connectivity index (χ1n) is 3.56. The lowest BCUT2D eigenvalue weighted by molar-refractivity contribution is -0.0953. The van der Waals surface area contributed by atoms with Gasteiger partial charge in [0.25, 0.3) is 0 Å². The minimum Gasteiger partial charge on any atom is -0.395 e. The summed E-state index contributed by atoms with van der Waals surface area (Å²) in [6.45, 7) is -0.341. The molecule has 5 atom stereocenters. The maximum absolute atomic E-state index is 9.22. The van der Waals surface area contributed by atoms with E-state index in [4.69, 9.17) is 20.4 Å². The Kier molecular flexibility index (Phi) is 3.33. The standard InChI is InChI=1S/C6H12O5S/c7-1-2-3(8)4(9)5(10)6(11)12-2/h2-11H,1H2/t2-,3+,4-,5-,6-/m0/s1. The third-order valence-electron chi connectivity index (χ3n) is 1.87. The topological polar surface area (TPSA) is 101 Å². The van der Waals surface area contributed by atoms with E-state index in [-0.39, 0.29) is 6.61 Å². The molecule has 1 saturated heterocycles. The van der Waals surface area contributed by atoms with Gasteiger partial charge in [-0.1, -0.05) is 0 Å². The van der Waals surface area contributed by atoms with E-state index in [0.717, 1.165) is 11.8 Å². The first-order chi connectivity index (χ1) is 5.57. The molecule has 5 nitrogen and oxygen atoms in total. The molecule has 5 N–H and O–H groups in total. The lowest BCUT2D eigenvalue weighted by Gasteiger charge is -2.36. The van der Waals surface area contributed by atoms with Gasteiger partial charge in [0, 0.05) is 0 Å². The molecule has 0 aliphatic carbocycles. The van der Waals surface area contributed by atoms with Crippen molar-refractivity contribution in [2.24, 2.45) is 0 Å². The molecule has 0 aromatic heterocycles. The zero-order valence-electron chi connectivity index (χ0n) is 6.24. The van der Waals surface area contributed by atoms with E-state index in [9.17, 15) is 5.11 Å². The Hall–Kier alpha value is 0.150. The van der Waals surface area contributed by atoms with Crippen LogP contribution in [0.5, 0.6) is 0 Å². The predicted octanol–water partition coefficient (Wildman–Crippen LogP) is -2.50. The number of rotatable bonds is 1. The summed E-state index contributed by atoms with van der Waals surface area (Å²) in [4.78, 5) is 0. The molecule has 12 heavy (non-hydrogen) atoms. The lowest BCUT2D eigenvalue weighted by atomic mass is 10.0. The number of thioether (sulfide) groups is 1. The van der Waals surface area contributed by atoms with Gasteiger partial charge in [0.2, 0.25) is 0 Å². The monoisotopic (exact) mass is 196 g/mol. The molecule has 1 aliphatic heterocycles. The van der Waals surface area contributed by atoms with Crippen molar-refractivity contribution in [2.45, 2.75) is 29.0 Å². The first-order valence-corrected chi connectivity index (χ1v) is 4.50. The van der Waals surface area contributed by atoms with E-state index in [1.165, 1.54) is 0 Å². The molecule has 0 radical (unpaired) electrons. The van der Waals surface area contributed by atoms with Gasteiger partial charge < -0.3 is 25.5 Å². The van der Waals surface area contributed by atoms with Crippen molar-refractivity contribution in [2.75, 3.05) is 6.61 Å². The first kappa shape index (κ1) is 10.2. The van der Waals surface area contributed by atoms with Crippen LogP contribution in [0, 0.1) is 0 Å². The summed E-state index contributed by atoms with van der Waals surface area (Å²) in [7, 11) is 0. The van der Waals surface area contributed by atoms with Gasteiger partial charge in [-0.05, 0) is 0 Å². The van der Waals surface area contributed by atoms with Crippen LogP contribution >= 0.6 is 11.8 Å². The fraction of sp³-hybridized carbons (Fsp3) is 1.00. The zero-order valence-corrected chi connectivity index (χ0v) is 7.05. The van der Waals surface area contributed by atoms with Gasteiger partial charge in [-0.2, -0.15) is 0 Å². The molecular weight excluding hydrogens is 184 g/mol. The van der Waals surface area contributed by atoms with Crippen LogP contribution in [0.25, 0.3) is 0 Å². The summed E-state index contributed by atoms with van der Waals surface area (Å²) < 4.78 is 0. The van der Waals surface area contributed by atoms with Crippen molar-refractivity contribution in [1.29, 1.82) is 0 Å². The van der Waals surface area contributed by atoms with Gasteiger partial charge >= 0.3 is 0 Å². The highest BCUT2D eigenvalue weighted by molar-refractivity contribution is 8.00. The van der Waals surface area contributed by atoms with E-state index >= 15 is 0 Å². The number of hydrogen-bond acceptors (Lipinski definition) is 6. The van der Waals surface area contributed by atoms with Crippen LogP contribution in [-0.2, 0) is 0 Å². The van der Waals surface area contributed by atoms with Crippen LogP contribution in [0.3, 0.4) is 0 Å². The maximum Gasteiger partial charge on any atom is 0.128 e. The largest absolute Gasteiger partial charge is 0.395 e. The highest BCUT2D eigenvalue weighted by atomic mass is 32.2. The van der Waals surface area contributed by atoms with E-state index in [1.54, 1.807) is 0 Å². The van der Waals surface area contributed by atoms with Gasteiger partial charge in [0.15, 0.2) is 0 Å². The zero-order chi connectivity index (χ0) is 9.30. The van der Waals surface area contributed by atoms with Crippen molar-refractivity contribution >= 4 is 11.8 Å². The minimum atomic E-state index is -1.39. The summed E-state index contributed by atoms with van der Waals surface area (Å²) in [5.41, 5.74) is -1.15. The lowest BCUT2D eigenvalue weighted by Crippen LogP contribution is -2.53. The second-order valence-electron chi connectivity index (χ2n) is 2.72. The Morgan fingerprint density at radius 2 is 1.50 bits per heavy atom. The molecular formula is C6H12O5S. The third kappa shape index (κ3) is 1.73. The van der Waals surface area contributed by atoms with E-state index < -0.39 is 29.0 Å². The van der Waals surface area contributed by atoms with Crippen LogP contribution in [0.1, 0.15) is 0 Å². The molecule has 0 bridgehead atoms. The van der Waals surface area contributed by atoms with Crippen LogP contribution in [0.15, 0.2) is 0 Å². The second-order valence-corrected chi connectivity index (χ2v) is 4.08. The molecule has 1 aliphatic rings. The van der Waals surface area contributed by atoms with Crippen molar-refractivity contribution in [3.8, 4) is 0 Å². The molecule has 0 amide bonds. The predicted molar refractivity (Wildman–Crippen MR) is 42.5 cm³/mol.